The lowest BCUT2D eigenvalue weighted by Gasteiger charge is -2.38. The molecule has 2 heterocycles. The van der Waals surface area contributed by atoms with Crippen LogP contribution in [0.3, 0.4) is 0 Å². The molecule has 164 valence electrons. The Kier molecular flexibility index (Phi) is 8.30. The first-order valence-electron chi connectivity index (χ1n) is 9.58. The molecule has 0 amide bonds. The molecule has 2 aliphatic heterocycles. The fourth-order valence-corrected chi connectivity index (χ4v) is 3.60. The fourth-order valence-electron chi connectivity index (χ4n) is 3.60. The van der Waals surface area contributed by atoms with Crippen LogP contribution in [0.25, 0.3) is 0 Å². The van der Waals surface area contributed by atoms with E-state index in [1.165, 1.54) is 5.56 Å². The number of nitrogens with zero attached hydrogens (tertiary/aromatic N) is 1. The van der Waals surface area contributed by atoms with Gasteiger partial charge in [-0.2, -0.15) is 13.2 Å². The molecule has 1 aromatic carbocycles. The van der Waals surface area contributed by atoms with Crippen molar-refractivity contribution in [2.24, 2.45) is 0 Å². The van der Waals surface area contributed by atoms with Crippen LogP contribution in [0.15, 0.2) is 24.3 Å². The summed E-state index contributed by atoms with van der Waals surface area (Å²) in [5.74, 6) is -1.84. The molecule has 2 fully saturated rings. The zero-order valence-corrected chi connectivity index (χ0v) is 16.7. The minimum atomic E-state index is -5.08. The van der Waals surface area contributed by atoms with Gasteiger partial charge in [-0.05, 0) is 37.5 Å². The summed E-state index contributed by atoms with van der Waals surface area (Å²) in [4.78, 5) is 11.4. The van der Waals surface area contributed by atoms with E-state index in [0.717, 1.165) is 57.9 Å². The van der Waals surface area contributed by atoms with Gasteiger partial charge in [-0.15, -0.1) is 0 Å². The number of carboxylic acids is 1. The van der Waals surface area contributed by atoms with Crippen molar-refractivity contribution in [3.63, 3.8) is 0 Å². The Hall–Kier alpha value is -1.84. The lowest BCUT2D eigenvalue weighted by Crippen LogP contribution is -2.43. The van der Waals surface area contributed by atoms with Gasteiger partial charge in [0.25, 0.3) is 0 Å². The number of piperidine rings is 1. The Morgan fingerprint density at radius 1 is 1.28 bits per heavy atom. The topological polar surface area (TPSA) is 68.2 Å². The third-order valence-electron chi connectivity index (χ3n) is 5.15. The van der Waals surface area contributed by atoms with Crippen molar-refractivity contribution in [1.29, 1.82) is 0 Å². The molecule has 1 aromatic rings. The largest absolute Gasteiger partial charge is 0.497 e. The third kappa shape index (κ3) is 7.17. The van der Waals surface area contributed by atoms with E-state index >= 15 is 0 Å². The molecule has 1 N–H and O–H groups in total. The third-order valence-corrected chi connectivity index (χ3v) is 5.15. The number of carbonyl (C=O) groups is 1. The van der Waals surface area contributed by atoms with Crippen LogP contribution >= 0.6 is 0 Å². The molecule has 2 aliphatic rings. The molecule has 9 heteroatoms. The number of benzene rings is 1. The van der Waals surface area contributed by atoms with Crippen molar-refractivity contribution in [3.05, 3.63) is 29.8 Å². The highest BCUT2D eigenvalue weighted by atomic mass is 19.4. The SMILES string of the molecule is CCOC1COC2(CCN(Cc3ccc(OC)cc3)CC2)C1.O=C(O)C(F)(F)F. The Balaban J connectivity index is 0.000000370. The molecule has 0 radical (unpaired) electrons. The molecule has 3 rings (SSSR count). The van der Waals surface area contributed by atoms with Crippen LogP contribution < -0.4 is 4.74 Å². The number of alkyl halides is 3. The van der Waals surface area contributed by atoms with Gasteiger partial charge in [0, 0.05) is 32.7 Å². The average molecular weight is 419 g/mol. The van der Waals surface area contributed by atoms with E-state index in [1.807, 2.05) is 12.1 Å². The van der Waals surface area contributed by atoms with Crippen LogP contribution in [0.5, 0.6) is 5.75 Å². The van der Waals surface area contributed by atoms with Crippen LogP contribution in [0.4, 0.5) is 13.2 Å². The Morgan fingerprint density at radius 3 is 2.34 bits per heavy atom. The van der Waals surface area contributed by atoms with Gasteiger partial charge < -0.3 is 19.3 Å². The summed E-state index contributed by atoms with van der Waals surface area (Å²) >= 11 is 0. The standard InChI is InChI=1S/C18H27NO3.C2HF3O2/c1-3-21-17-12-18(22-14-17)8-10-19(11-9-18)13-15-4-6-16(20-2)7-5-15;3-2(4,5)1(6)7/h4-7,17H,3,8-14H2,1-2H3;(H,6,7). The number of halogens is 3. The Bertz CT molecular complexity index is 643. The molecule has 1 unspecified atom stereocenters. The lowest BCUT2D eigenvalue weighted by atomic mass is 9.88. The van der Waals surface area contributed by atoms with Crippen molar-refractivity contribution >= 4 is 5.97 Å². The number of aliphatic carboxylic acids is 1. The van der Waals surface area contributed by atoms with E-state index in [4.69, 9.17) is 24.1 Å². The molecular formula is C20H28F3NO5. The van der Waals surface area contributed by atoms with Crippen LogP contribution in [-0.2, 0) is 20.8 Å². The molecule has 0 bridgehead atoms. The van der Waals surface area contributed by atoms with Crippen molar-refractivity contribution < 1.29 is 37.3 Å². The second kappa shape index (κ2) is 10.3. The van der Waals surface area contributed by atoms with Gasteiger partial charge >= 0.3 is 12.1 Å². The highest BCUT2D eigenvalue weighted by Crippen LogP contribution is 2.37. The van der Waals surface area contributed by atoms with Crippen LogP contribution in [0.2, 0.25) is 0 Å². The first-order chi connectivity index (χ1) is 13.7. The molecule has 0 aromatic heterocycles. The van der Waals surface area contributed by atoms with Crippen LogP contribution in [0, 0.1) is 0 Å². The summed E-state index contributed by atoms with van der Waals surface area (Å²) < 4.78 is 48.8. The molecule has 0 aliphatic carbocycles. The molecule has 6 nitrogen and oxygen atoms in total. The molecule has 0 saturated carbocycles. The maximum absolute atomic E-state index is 10.6. The van der Waals surface area contributed by atoms with Crippen molar-refractivity contribution in [2.75, 3.05) is 33.4 Å². The minimum absolute atomic E-state index is 0.0796. The summed E-state index contributed by atoms with van der Waals surface area (Å²) in [6, 6.07) is 8.38. The van der Waals surface area contributed by atoms with E-state index in [0.29, 0.717) is 6.10 Å². The molecular weight excluding hydrogens is 391 g/mol. The maximum Gasteiger partial charge on any atom is 0.490 e. The van der Waals surface area contributed by atoms with Gasteiger partial charge in [-0.3, -0.25) is 4.90 Å². The zero-order valence-electron chi connectivity index (χ0n) is 16.7. The van der Waals surface area contributed by atoms with Gasteiger partial charge in [0.2, 0.25) is 0 Å². The van der Waals surface area contributed by atoms with Crippen LogP contribution in [-0.4, -0.2) is 67.3 Å². The maximum atomic E-state index is 10.6. The summed E-state index contributed by atoms with van der Waals surface area (Å²) in [5.41, 5.74) is 1.42. The van der Waals surface area contributed by atoms with Gasteiger partial charge in [0.15, 0.2) is 0 Å². The fraction of sp³-hybridized carbons (Fsp3) is 0.650. The van der Waals surface area contributed by atoms with Crippen molar-refractivity contribution in [3.8, 4) is 5.75 Å². The van der Waals surface area contributed by atoms with Gasteiger partial charge in [0.05, 0.1) is 25.4 Å². The number of methoxy groups -OCH3 is 1. The van der Waals surface area contributed by atoms with Crippen molar-refractivity contribution in [2.45, 2.75) is 50.6 Å². The summed E-state index contributed by atoms with van der Waals surface area (Å²) in [6.45, 7) is 6.83. The highest BCUT2D eigenvalue weighted by Gasteiger charge is 2.43. The smallest absolute Gasteiger partial charge is 0.490 e. The van der Waals surface area contributed by atoms with E-state index in [-0.39, 0.29) is 5.60 Å². The first-order valence-corrected chi connectivity index (χ1v) is 9.58. The van der Waals surface area contributed by atoms with E-state index in [1.54, 1.807) is 7.11 Å². The number of hydrogen-bond donors (Lipinski definition) is 1. The summed E-state index contributed by atoms with van der Waals surface area (Å²) in [7, 11) is 1.70. The number of hydrogen-bond acceptors (Lipinski definition) is 5. The van der Waals surface area contributed by atoms with Crippen LogP contribution in [0.1, 0.15) is 31.7 Å². The molecule has 1 spiro atoms. The number of rotatable bonds is 5. The summed E-state index contributed by atoms with van der Waals surface area (Å²) in [6.07, 6.45) is -1.48. The number of carboxylic acid groups (broad SMARTS) is 1. The van der Waals surface area contributed by atoms with E-state index < -0.39 is 12.1 Å². The van der Waals surface area contributed by atoms with Gasteiger partial charge in [0.1, 0.15) is 5.75 Å². The minimum Gasteiger partial charge on any atom is -0.497 e. The Labute approximate surface area is 168 Å². The van der Waals surface area contributed by atoms with E-state index in [2.05, 4.69) is 24.0 Å². The zero-order chi connectivity index (χ0) is 21.5. The lowest BCUT2D eigenvalue weighted by molar-refractivity contribution is -0.192. The highest BCUT2D eigenvalue weighted by molar-refractivity contribution is 5.73. The van der Waals surface area contributed by atoms with Gasteiger partial charge in [-0.1, -0.05) is 12.1 Å². The molecule has 2 saturated heterocycles. The number of likely N-dealkylation sites (tertiary alicyclic amines) is 1. The quantitative estimate of drug-likeness (QED) is 0.788. The molecule has 1 atom stereocenters. The first kappa shape index (κ1) is 23.4. The molecule has 29 heavy (non-hydrogen) atoms. The predicted molar refractivity (Wildman–Crippen MR) is 99.9 cm³/mol. The monoisotopic (exact) mass is 419 g/mol. The normalized spacial score (nSPS) is 21.5. The Morgan fingerprint density at radius 2 is 1.86 bits per heavy atom. The second-order valence-corrected chi connectivity index (χ2v) is 7.20. The average Bonchev–Trinajstić information content (AvgIpc) is 3.07. The van der Waals surface area contributed by atoms with E-state index in [9.17, 15) is 13.2 Å². The van der Waals surface area contributed by atoms with Crippen molar-refractivity contribution in [1.82, 2.24) is 4.90 Å². The number of ether oxygens (including phenoxy) is 3. The summed E-state index contributed by atoms with van der Waals surface area (Å²) in [5, 5.41) is 7.12. The predicted octanol–water partition coefficient (Wildman–Crippen LogP) is 3.49. The second-order valence-electron chi connectivity index (χ2n) is 7.20. The van der Waals surface area contributed by atoms with Gasteiger partial charge in [-0.25, -0.2) is 4.79 Å².